The lowest BCUT2D eigenvalue weighted by Gasteiger charge is -2.31. The molecule has 1 aromatic heterocycles. The van der Waals surface area contributed by atoms with Gasteiger partial charge in [0.25, 0.3) is 5.91 Å². The van der Waals surface area contributed by atoms with Gasteiger partial charge in [-0.25, -0.2) is 4.98 Å². The van der Waals surface area contributed by atoms with E-state index in [0.29, 0.717) is 30.1 Å². The molecule has 1 rings (SSSR count). The van der Waals surface area contributed by atoms with E-state index in [1.54, 1.807) is 5.38 Å². The Bertz CT molecular complexity index is 469. The predicted molar refractivity (Wildman–Crippen MR) is 77.4 cm³/mol. The van der Waals surface area contributed by atoms with E-state index in [1.807, 2.05) is 13.8 Å². The second-order valence-corrected chi connectivity index (χ2v) is 5.47. The molecule has 0 spiro atoms. The molecule has 0 aliphatic heterocycles. The van der Waals surface area contributed by atoms with E-state index in [9.17, 15) is 9.59 Å². The fraction of sp³-hybridized carbons (Fsp3) is 0.615. The molecule has 0 saturated heterocycles. The number of rotatable bonds is 7. The number of thiazole rings is 1. The lowest BCUT2D eigenvalue weighted by Crippen LogP contribution is -2.49. The van der Waals surface area contributed by atoms with Gasteiger partial charge < -0.3 is 15.8 Å². The number of methoxy groups -OCH3 is 1. The summed E-state index contributed by atoms with van der Waals surface area (Å²) in [5, 5.41) is 5.29. The van der Waals surface area contributed by atoms with Gasteiger partial charge in [-0.05, 0) is 12.8 Å². The molecule has 0 aliphatic carbocycles. The van der Waals surface area contributed by atoms with E-state index < -0.39 is 5.54 Å². The lowest BCUT2D eigenvalue weighted by atomic mass is 9.89. The molecule has 0 fully saturated rings. The molecule has 1 heterocycles. The highest BCUT2D eigenvalue weighted by molar-refractivity contribution is 7.09. The Morgan fingerprint density at radius 3 is 2.55 bits per heavy atom. The van der Waals surface area contributed by atoms with Crippen LogP contribution >= 0.6 is 11.3 Å². The summed E-state index contributed by atoms with van der Waals surface area (Å²) in [6.45, 7) is 4.17. The molecule has 0 bridgehead atoms. The van der Waals surface area contributed by atoms with Crippen LogP contribution < -0.4 is 11.1 Å². The minimum Gasteiger partial charge on any atom is -0.469 e. The number of nitrogens with one attached hydrogen (secondary N) is 1. The van der Waals surface area contributed by atoms with Crippen molar-refractivity contribution in [2.24, 2.45) is 5.73 Å². The first-order valence-corrected chi connectivity index (χ1v) is 7.42. The maximum absolute atomic E-state index is 12.2. The molecule has 0 saturated carbocycles. The van der Waals surface area contributed by atoms with Crippen LogP contribution in [-0.2, 0) is 16.1 Å². The van der Waals surface area contributed by atoms with Crippen molar-refractivity contribution < 1.29 is 14.3 Å². The molecular weight excluding hydrogens is 278 g/mol. The molecule has 0 radical (unpaired) electrons. The average Bonchev–Trinajstić information content (AvgIpc) is 2.95. The van der Waals surface area contributed by atoms with Gasteiger partial charge in [-0.2, -0.15) is 0 Å². The summed E-state index contributed by atoms with van der Waals surface area (Å²) in [6.07, 6.45) is 1.42. The van der Waals surface area contributed by atoms with Crippen molar-refractivity contribution in [3.8, 4) is 0 Å². The van der Waals surface area contributed by atoms with E-state index in [0.717, 1.165) is 0 Å². The number of ether oxygens (including phenoxy) is 1. The topological polar surface area (TPSA) is 94.3 Å². The monoisotopic (exact) mass is 299 g/mol. The van der Waals surface area contributed by atoms with Gasteiger partial charge in [0.15, 0.2) is 0 Å². The van der Waals surface area contributed by atoms with Crippen LogP contribution in [0.4, 0.5) is 0 Å². The Morgan fingerprint density at radius 2 is 2.10 bits per heavy atom. The van der Waals surface area contributed by atoms with Crippen LogP contribution in [0.15, 0.2) is 5.38 Å². The highest BCUT2D eigenvalue weighted by Gasteiger charge is 2.32. The van der Waals surface area contributed by atoms with E-state index in [2.05, 4.69) is 10.3 Å². The molecule has 0 unspecified atom stereocenters. The highest BCUT2D eigenvalue weighted by atomic mass is 32.1. The summed E-state index contributed by atoms with van der Waals surface area (Å²) < 4.78 is 4.70. The van der Waals surface area contributed by atoms with Crippen LogP contribution in [-0.4, -0.2) is 29.5 Å². The smallest absolute Gasteiger partial charge is 0.307 e. The fourth-order valence-electron chi connectivity index (χ4n) is 1.88. The number of hydrogen-bond acceptors (Lipinski definition) is 6. The molecule has 7 heteroatoms. The van der Waals surface area contributed by atoms with Gasteiger partial charge in [0.1, 0.15) is 10.7 Å². The minimum atomic E-state index is -0.601. The van der Waals surface area contributed by atoms with Crippen LogP contribution in [0.5, 0.6) is 0 Å². The van der Waals surface area contributed by atoms with Gasteiger partial charge in [-0.15, -0.1) is 11.3 Å². The van der Waals surface area contributed by atoms with Crippen LogP contribution in [0.1, 0.15) is 48.6 Å². The number of nitrogens with zero attached hydrogens (tertiary/aromatic N) is 1. The molecule has 112 valence electrons. The third-order valence-electron chi connectivity index (χ3n) is 3.40. The molecule has 1 aromatic rings. The zero-order chi connectivity index (χ0) is 15.2. The Labute approximate surface area is 122 Å². The first-order chi connectivity index (χ1) is 9.50. The van der Waals surface area contributed by atoms with E-state index in [1.165, 1.54) is 18.4 Å². The molecular formula is C13H21N3O3S. The van der Waals surface area contributed by atoms with Crippen molar-refractivity contribution in [2.45, 2.75) is 45.2 Å². The standard InChI is InChI=1S/C13H21N3O3S/c1-4-13(5-2,6-11(17)19-3)16-12(18)9-8-20-10(7-14)15-9/h8H,4-7,14H2,1-3H3,(H,16,18). The summed E-state index contributed by atoms with van der Waals surface area (Å²) in [7, 11) is 1.34. The van der Waals surface area contributed by atoms with E-state index in [-0.39, 0.29) is 18.3 Å². The Balaban J connectivity index is 2.83. The van der Waals surface area contributed by atoms with E-state index >= 15 is 0 Å². The number of amides is 1. The summed E-state index contributed by atoms with van der Waals surface area (Å²) in [4.78, 5) is 27.9. The number of hydrogen-bond donors (Lipinski definition) is 2. The molecule has 0 aromatic carbocycles. The van der Waals surface area contributed by atoms with Gasteiger partial charge in [0.2, 0.25) is 0 Å². The minimum absolute atomic E-state index is 0.149. The maximum Gasteiger partial charge on any atom is 0.307 e. The SMILES string of the molecule is CCC(CC)(CC(=O)OC)NC(=O)c1csc(CN)n1. The zero-order valence-electron chi connectivity index (χ0n) is 12.1. The maximum atomic E-state index is 12.2. The number of esters is 1. The summed E-state index contributed by atoms with van der Waals surface area (Å²) in [5.41, 5.74) is 5.22. The molecule has 0 atom stereocenters. The molecule has 3 N–H and O–H groups in total. The Hall–Kier alpha value is -1.47. The fourth-order valence-corrected chi connectivity index (χ4v) is 2.54. The van der Waals surface area contributed by atoms with Gasteiger partial charge in [0.05, 0.1) is 19.1 Å². The van der Waals surface area contributed by atoms with Crippen molar-refractivity contribution in [3.63, 3.8) is 0 Å². The van der Waals surface area contributed by atoms with Gasteiger partial charge in [-0.1, -0.05) is 13.8 Å². The highest BCUT2D eigenvalue weighted by Crippen LogP contribution is 2.21. The first kappa shape index (κ1) is 16.6. The predicted octanol–water partition coefficient (Wildman–Crippen LogP) is 1.45. The van der Waals surface area contributed by atoms with Crippen LogP contribution in [0, 0.1) is 0 Å². The summed E-state index contributed by atoms with van der Waals surface area (Å²) in [6, 6.07) is 0. The lowest BCUT2D eigenvalue weighted by molar-refractivity contribution is -0.142. The Morgan fingerprint density at radius 1 is 1.45 bits per heavy atom. The molecule has 1 amide bonds. The van der Waals surface area contributed by atoms with Crippen LogP contribution in [0.3, 0.4) is 0 Å². The molecule has 0 aliphatic rings. The van der Waals surface area contributed by atoms with Crippen molar-refractivity contribution in [2.75, 3.05) is 7.11 Å². The van der Waals surface area contributed by atoms with Crippen molar-refractivity contribution in [3.05, 3.63) is 16.1 Å². The quantitative estimate of drug-likeness (QED) is 0.743. The van der Waals surface area contributed by atoms with Gasteiger partial charge >= 0.3 is 5.97 Å². The summed E-state index contributed by atoms with van der Waals surface area (Å²) >= 11 is 1.35. The van der Waals surface area contributed by atoms with Gasteiger partial charge in [-0.3, -0.25) is 9.59 Å². The van der Waals surface area contributed by atoms with Crippen molar-refractivity contribution in [1.29, 1.82) is 0 Å². The number of carbonyl (C=O) groups is 2. The number of nitrogens with two attached hydrogens (primary N) is 1. The number of carbonyl (C=O) groups excluding carboxylic acids is 2. The van der Waals surface area contributed by atoms with Crippen molar-refractivity contribution in [1.82, 2.24) is 10.3 Å². The normalized spacial score (nSPS) is 11.2. The van der Waals surface area contributed by atoms with Crippen LogP contribution in [0.25, 0.3) is 0 Å². The third-order valence-corrected chi connectivity index (χ3v) is 4.27. The Kier molecular flexibility index (Phi) is 6.09. The van der Waals surface area contributed by atoms with Crippen LogP contribution in [0.2, 0.25) is 0 Å². The summed E-state index contributed by atoms with van der Waals surface area (Å²) in [5.74, 6) is -0.622. The largest absolute Gasteiger partial charge is 0.469 e. The van der Waals surface area contributed by atoms with E-state index in [4.69, 9.17) is 10.5 Å². The average molecular weight is 299 g/mol. The third kappa shape index (κ3) is 4.01. The van der Waals surface area contributed by atoms with Crippen molar-refractivity contribution >= 4 is 23.2 Å². The second-order valence-electron chi connectivity index (χ2n) is 4.53. The number of aromatic nitrogens is 1. The first-order valence-electron chi connectivity index (χ1n) is 6.54. The molecule has 20 heavy (non-hydrogen) atoms. The second kappa shape index (κ2) is 7.35. The van der Waals surface area contributed by atoms with Gasteiger partial charge in [0, 0.05) is 11.9 Å². The molecule has 6 nitrogen and oxygen atoms in total. The zero-order valence-corrected chi connectivity index (χ0v) is 12.9.